The number of carbonyl (C=O) groups is 3. The molecular formula is C59H96O6. The predicted octanol–water partition coefficient (Wildman–Crippen LogP) is 17.5. The van der Waals surface area contributed by atoms with E-state index in [0.717, 1.165) is 122 Å². The quantitative estimate of drug-likeness (QED) is 0.0262. The molecule has 1 unspecified atom stereocenters. The van der Waals surface area contributed by atoms with Crippen LogP contribution in [0.2, 0.25) is 0 Å². The summed E-state index contributed by atoms with van der Waals surface area (Å²) in [6.07, 6.45) is 70.8. The van der Waals surface area contributed by atoms with E-state index in [-0.39, 0.29) is 37.5 Å². The molecule has 6 nitrogen and oxygen atoms in total. The molecule has 0 radical (unpaired) electrons. The molecule has 368 valence electrons. The molecule has 0 fully saturated rings. The van der Waals surface area contributed by atoms with Gasteiger partial charge < -0.3 is 14.2 Å². The van der Waals surface area contributed by atoms with Gasteiger partial charge in [0, 0.05) is 19.3 Å². The summed E-state index contributed by atoms with van der Waals surface area (Å²) in [5.74, 6) is -0.968. The molecule has 0 saturated heterocycles. The first-order chi connectivity index (χ1) is 32.0. The standard InChI is InChI=1S/C59H96O6/c1-4-7-10-13-16-19-22-24-26-27-28-29-30-31-33-34-37-40-43-46-49-52-58(61)64-55-56(54-63-57(60)51-48-45-42-39-36-21-18-15-12-9-6-3)65-59(62)53-50-47-44-41-38-35-32-25-23-20-17-14-11-8-5-2/h7-8,10-11,15-20,24-26,28-29,32,38,41,56H,4-6,9,12-14,21-23,27,30-31,33-37,39-40,42-55H2,1-3H3/b10-7-,11-8-,18-15-,19-16-,20-17-,26-24-,29-28-,32-25-,41-38-. The molecule has 0 heterocycles. The predicted molar refractivity (Wildman–Crippen MR) is 279 cm³/mol. The van der Waals surface area contributed by atoms with Gasteiger partial charge in [-0.25, -0.2) is 0 Å². The maximum atomic E-state index is 12.8. The van der Waals surface area contributed by atoms with E-state index >= 15 is 0 Å². The normalized spacial score (nSPS) is 13.0. The number of carbonyl (C=O) groups excluding carboxylic acids is 3. The Kier molecular flexibility index (Phi) is 49.5. The van der Waals surface area contributed by atoms with Crippen LogP contribution < -0.4 is 0 Å². The van der Waals surface area contributed by atoms with Crippen LogP contribution in [0.15, 0.2) is 109 Å². The van der Waals surface area contributed by atoms with Crippen LogP contribution in [0, 0.1) is 0 Å². The highest BCUT2D eigenvalue weighted by Gasteiger charge is 2.19. The molecule has 0 aromatic heterocycles. The van der Waals surface area contributed by atoms with Crippen molar-refractivity contribution < 1.29 is 28.6 Å². The Balaban J connectivity index is 4.42. The smallest absolute Gasteiger partial charge is 0.306 e. The third-order valence-electron chi connectivity index (χ3n) is 10.7. The molecular weight excluding hydrogens is 805 g/mol. The van der Waals surface area contributed by atoms with Gasteiger partial charge in [0.1, 0.15) is 13.2 Å². The number of unbranched alkanes of at least 4 members (excludes halogenated alkanes) is 17. The summed E-state index contributed by atoms with van der Waals surface area (Å²) < 4.78 is 16.7. The van der Waals surface area contributed by atoms with Crippen LogP contribution >= 0.6 is 0 Å². The lowest BCUT2D eigenvalue weighted by atomic mass is 10.1. The van der Waals surface area contributed by atoms with Crippen molar-refractivity contribution >= 4 is 17.9 Å². The first-order valence-electron chi connectivity index (χ1n) is 26.4. The minimum atomic E-state index is -0.807. The van der Waals surface area contributed by atoms with E-state index < -0.39 is 6.10 Å². The van der Waals surface area contributed by atoms with E-state index in [1.807, 2.05) is 0 Å². The van der Waals surface area contributed by atoms with E-state index in [9.17, 15) is 14.4 Å². The second-order valence-corrected chi connectivity index (χ2v) is 17.0. The monoisotopic (exact) mass is 901 g/mol. The fraction of sp³-hybridized carbons (Fsp3) is 0.644. The molecule has 0 saturated carbocycles. The lowest BCUT2D eigenvalue weighted by molar-refractivity contribution is -0.167. The molecule has 0 spiro atoms. The third kappa shape index (κ3) is 50.9. The van der Waals surface area contributed by atoms with Gasteiger partial charge in [0.25, 0.3) is 0 Å². The molecule has 0 aliphatic heterocycles. The van der Waals surface area contributed by atoms with Crippen LogP contribution in [0.25, 0.3) is 0 Å². The Morgan fingerprint density at radius 3 is 0.985 bits per heavy atom. The molecule has 0 aliphatic carbocycles. The van der Waals surface area contributed by atoms with Gasteiger partial charge in [0.15, 0.2) is 6.10 Å². The van der Waals surface area contributed by atoms with Crippen molar-refractivity contribution in [2.24, 2.45) is 0 Å². The summed E-state index contributed by atoms with van der Waals surface area (Å²) in [4.78, 5) is 38.0. The molecule has 0 aliphatic rings. The largest absolute Gasteiger partial charge is 0.462 e. The summed E-state index contributed by atoms with van der Waals surface area (Å²) >= 11 is 0. The van der Waals surface area contributed by atoms with Crippen LogP contribution in [0.5, 0.6) is 0 Å². The van der Waals surface area contributed by atoms with Crippen LogP contribution in [0.3, 0.4) is 0 Å². The van der Waals surface area contributed by atoms with Crippen LogP contribution in [0.4, 0.5) is 0 Å². The summed E-state index contributed by atoms with van der Waals surface area (Å²) in [5.41, 5.74) is 0. The molecule has 1 atom stereocenters. The topological polar surface area (TPSA) is 78.9 Å². The van der Waals surface area contributed by atoms with Gasteiger partial charge in [-0.15, -0.1) is 0 Å². The number of rotatable bonds is 46. The van der Waals surface area contributed by atoms with Crippen molar-refractivity contribution in [1.82, 2.24) is 0 Å². The average Bonchev–Trinajstić information content (AvgIpc) is 3.30. The number of allylic oxidation sites excluding steroid dienone is 18. The second-order valence-electron chi connectivity index (χ2n) is 17.0. The van der Waals surface area contributed by atoms with Gasteiger partial charge >= 0.3 is 17.9 Å². The molecule has 0 amide bonds. The minimum Gasteiger partial charge on any atom is -0.462 e. The van der Waals surface area contributed by atoms with E-state index in [4.69, 9.17) is 14.2 Å². The van der Waals surface area contributed by atoms with Crippen molar-refractivity contribution in [2.75, 3.05) is 13.2 Å². The number of hydrogen-bond donors (Lipinski definition) is 0. The maximum absolute atomic E-state index is 12.8. The third-order valence-corrected chi connectivity index (χ3v) is 10.7. The number of ether oxygens (including phenoxy) is 3. The molecule has 65 heavy (non-hydrogen) atoms. The lowest BCUT2D eigenvalue weighted by Gasteiger charge is -2.18. The highest BCUT2D eigenvalue weighted by molar-refractivity contribution is 5.71. The zero-order chi connectivity index (χ0) is 47.2. The fourth-order valence-electron chi connectivity index (χ4n) is 6.82. The van der Waals surface area contributed by atoms with Crippen molar-refractivity contribution in [3.8, 4) is 0 Å². The highest BCUT2D eigenvalue weighted by atomic mass is 16.6. The Morgan fingerprint density at radius 2 is 0.600 bits per heavy atom. The number of hydrogen-bond acceptors (Lipinski definition) is 6. The van der Waals surface area contributed by atoms with Crippen molar-refractivity contribution in [1.29, 1.82) is 0 Å². The van der Waals surface area contributed by atoms with Crippen molar-refractivity contribution in [2.45, 2.75) is 232 Å². The summed E-state index contributed by atoms with van der Waals surface area (Å²) in [7, 11) is 0. The van der Waals surface area contributed by atoms with Crippen molar-refractivity contribution in [3.05, 3.63) is 109 Å². The minimum absolute atomic E-state index is 0.104. The Hall–Kier alpha value is -3.93. The molecule has 0 N–H and O–H groups in total. The van der Waals surface area contributed by atoms with Crippen LogP contribution in [-0.2, 0) is 28.6 Å². The van der Waals surface area contributed by atoms with Gasteiger partial charge in [-0.3, -0.25) is 14.4 Å². The molecule has 0 bridgehead atoms. The lowest BCUT2D eigenvalue weighted by Crippen LogP contribution is -2.30. The SMILES string of the molecule is CC/C=C\C/C=C\C/C=C\C/C=C\CCCCCCCCCCC(=O)OCC(COC(=O)CCCCCCC/C=C\CCCC)OC(=O)CCCC/C=C\C/C=C\C/C=C\C/C=C\CC. The Morgan fingerprint density at radius 1 is 0.323 bits per heavy atom. The van der Waals surface area contributed by atoms with Gasteiger partial charge in [0.2, 0.25) is 0 Å². The van der Waals surface area contributed by atoms with Gasteiger partial charge in [-0.05, 0) is 116 Å². The van der Waals surface area contributed by atoms with Gasteiger partial charge in [0.05, 0.1) is 0 Å². The Bertz CT molecular complexity index is 1360. The highest BCUT2D eigenvalue weighted by Crippen LogP contribution is 2.13. The van der Waals surface area contributed by atoms with E-state index in [1.54, 1.807) is 0 Å². The molecule has 0 rings (SSSR count). The van der Waals surface area contributed by atoms with Crippen molar-refractivity contribution in [3.63, 3.8) is 0 Å². The van der Waals surface area contributed by atoms with E-state index in [2.05, 4.69) is 130 Å². The van der Waals surface area contributed by atoms with E-state index in [0.29, 0.717) is 19.3 Å². The van der Waals surface area contributed by atoms with Gasteiger partial charge in [-0.1, -0.05) is 201 Å². The van der Waals surface area contributed by atoms with E-state index in [1.165, 1.54) is 57.8 Å². The zero-order valence-corrected chi connectivity index (χ0v) is 42.0. The first-order valence-corrected chi connectivity index (χ1v) is 26.4. The summed E-state index contributed by atoms with van der Waals surface area (Å²) in [5, 5.41) is 0. The average molecular weight is 901 g/mol. The maximum Gasteiger partial charge on any atom is 0.306 e. The number of esters is 3. The second kappa shape index (κ2) is 52.7. The Labute approximate surface area is 400 Å². The van der Waals surface area contributed by atoms with Crippen LogP contribution in [-0.4, -0.2) is 37.2 Å². The molecule has 6 heteroatoms. The van der Waals surface area contributed by atoms with Crippen LogP contribution in [0.1, 0.15) is 226 Å². The zero-order valence-electron chi connectivity index (χ0n) is 42.0. The molecule has 0 aromatic rings. The molecule has 0 aromatic carbocycles. The summed E-state index contributed by atoms with van der Waals surface area (Å²) in [6, 6.07) is 0. The van der Waals surface area contributed by atoms with Gasteiger partial charge in [-0.2, -0.15) is 0 Å². The summed E-state index contributed by atoms with van der Waals surface area (Å²) in [6.45, 7) is 6.31. The first kappa shape index (κ1) is 61.1. The fourth-order valence-corrected chi connectivity index (χ4v) is 6.82.